The van der Waals surface area contributed by atoms with Gasteiger partial charge in [-0.05, 0) is 11.5 Å². The van der Waals surface area contributed by atoms with E-state index in [0.29, 0.717) is 11.5 Å². The molecule has 0 radical (unpaired) electrons. The first-order chi connectivity index (χ1) is 6.35. The second-order valence-corrected chi connectivity index (χ2v) is 3.23. The molecule has 2 aromatic rings. The lowest BCUT2D eigenvalue weighted by atomic mass is 10.3. The Labute approximate surface area is 79.3 Å². The van der Waals surface area contributed by atoms with Crippen molar-refractivity contribution in [3.63, 3.8) is 0 Å². The zero-order valence-electron chi connectivity index (χ0n) is 7.27. The fraction of sp³-hybridized carbons (Fsp3) is 0.250. The van der Waals surface area contributed by atoms with Gasteiger partial charge in [-0.3, -0.25) is 0 Å². The van der Waals surface area contributed by atoms with E-state index in [0.717, 1.165) is 10.2 Å². The van der Waals surface area contributed by atoms with Crippen molar-refractivity contribution < 1.29 is 9.47 Å². The summed E-state index contributed by atoms with van der Waals surface area (Å²) in [5.74, 6) is 1.39. The van der Waals surface area contributed by atoms with E-state index < -0.39 is 0 Å². The first kappa shape index (κ1) is 8.25. The maximum atomic E-state index is 5.14. The van der Waals surface area contributed by atoms with Gasteiger partial charge in [0, 0.05) is 12.1 Å². The fourth-order valence-corrected chi connectivity index (χ4v) is 1.68. The highest BCUT2D eigenvalue weighted by molar-refractivity contribution is 7.12. The summed E-state index contributed by atoms with van der Waals surface area (Å²) in [5.41, 5.74) is 0.836. The van der Waals surface area contributed by atoms with Crippen molar-refractivity contribution in [2.75, 3.05) is 14.2 Å². The maximum Gasteiger partial charge on any atom is 0.163 e. The van der Waals surface area contributed by atoms with Gasteiger partial charge in [-0.2, -0.15) is 0 Å². The van der Waals surface area contributed by atoms with E-state index in [-0.39, 0.29) is 0 Å². The Hall–Kier alpha value is -1.36. The van der Waals surface area contributed by atoms with Crippen LogP contribution in [0.4, 0.5) is 0 Å². The van der Waals surface area contributed by atoms with E-state index >= 15 is 0 Å². The van der Waals surface area contributed by atoms with Crippen molar-refractivity contribution in [2.45, 2.75) is 0 Å². The number of hydrogen-bond acceptors (Lipinski definition) is 5. The molecule has 0 fully saturated rings. The monoisotopic (exact) mass is 196 g/mol. The van der Waals surface area contributed by atoms with Gasteiger partial charge in [-0.1, -0.05) is 4.49 Å². The Morgan fingerprint density at radius 2 is 1.85 bits per heavy atom. The predicted molar refractivity (Wildman–Crippen MR) is 50.5 cm³/mol. The lowest BCUT2D eigenvalue weighted by Gasteiger charge is -2.05. The number of aromatic nitrogens is 2. The predicted octanol–water partition coefficient (Wildman–Crippen LogP) is 1.71. The third kappa shape index (κ3) is 1.31. The molecule has 0 saturated carbocycles. The van der Waals surface area contributed by atoms with E-state index in [4.69, 9.17) is 9.47 Å². The lowest BCUT2D eigenvalue weighted by Crippen LogP contribution is -1.89. The van der Waals surface area contributed by atoms with Gasteiger partial charge in [0.05, 0.1) is 18.9 Å². The van der Waals surface area contributed by atoms with Gasteiger partial charge < -0.3 is 9.47 Å². The molecule has 0 spiro atoms. The van der Waals surface area contributed by atoms with Crippen molar-refractivity contribution >= 4 is 21.7 Å². The summed E-state index contributed by atoms with van der Waals surface area (Å²) in [4.78, 5) is 0. The van der Waals surface area contributed by atoms with Crippen LogP contribution in [-0.2, 0) is 0 Å². The Balaban J connectivity index is 2.67. The third-order valence-electron chi connectivity index (χ3n) is 1.75. The molecule has 0 amide bonds. The molecule has 0 atom stereocenters. The smallest absolute Gasteiger partial charge is 0.163 e. The molecule has 2 rings (SSSR count). The second kappa shape index (κ2) is 3.18. The summed E-state index contributed by atoms with van der Waals surface area (Å²) in [6.07, 6.45) is 0. The van der Waals surface area contributed by atoms with E-state index in [2.05, 4.69) is 9.59 Å². The van der Waals surface area contributed by atoms with Crippen LogP contribution in [0.15, 0.2) is 12.1 Å². The number of methoxy groups -OCH3 is 2. The van der Waals surface area contributed by atoms with Crippen LogP contribution >= 0.6 is 11.5 Å². The normalized spacial score (nSPS) is 10.3. The molecule has 13 heavy (non-hydrogen) atoms. The third-order valence-corrected chi connectivity index (χ3v) is 2.44. The zero-order chi connectivity index (χ0) is 9.26. The average molecular weight is 196 g/mol. The Kier molecular flexibility index (Phi) is 2.02. The van der Waals surface area contributed by atoms with Crippen molar-refractivity contribution in [2.24, 2.45) is 0 Å². The summed E-state index contributed by atoms with van der Waals surface area (Å²) < 4.78 is 15.1. The molecule has 0 aliphatic carbocycles. The average Bonchev–Trinajstić information content (AvgIpc) is 2.62. The van der Waals surface area contributed by atoms with Gasteiger partial charge in [0.2, 0.25) is 0 Å². The van der Waals surface area contributed by atoms with Crippen LogP contribution in [-0.4, -0.2) is 23.8 Å². The van der Waals surface area contributed by atoms with Crippen LogP contribution in [0.2, 0.25) is 0 Å². The van der Waals surface area contributed by atoms with Gasteiger partial charge >= 0.3 is 0 Å². The molecule has 0 unspecified atom stereocenters. The van der Waals surface area contributed by atoms with E-state index in [1.807, 2.05) is 12.1 Å². The number of ether oxygens (including phenoxy) is 2. The SMILES string of the molecule is COc1cc2nnsc2cc1OC. The van der Waals surface area contributed by atoms with E-state index in [1.165, 1.54) is 11.5 Å². The molecule has 1 aromatic carbocycles. The number of rotatable bonds is 2. The Morgan fingerprint density at radius 1 is 1.15 bits per heavy atom. The highest BCUT2D eigenvalue weighted by atomic mass is 32.1. The van der Waals surface area contributed by atoms with Crippen molar-refractivity contribution in [3.8, 4) is 11.5 Å². The van der Waals surface area contributed by atoms with E-state index in [9.17, 15) is 0 Å². The van der Waals surface area contributed by atoms with Crippen LogP contribution < -0.4 is 9.47 Å². The highest BCUT2D eigenvalue weighted by Gasteiger charge is 2.07. The maximum absolute atomic E-state index is 5.14. The molecule has 0 aliphatic heterocycles. The summed E-state index contributed by atoms with van der Waals surface area (Å²) in [5, 5.41) is 3.94. The topological polar surface area (TPSA) is 44.2 Å². The summed E-state index contributed by atoms with van der Waals surface area (Å²) in [6.45, 7) is 0. The van der Waals surface area contributed by atoms with Gasteiger partial charge in [-0.25, -0.2) is 0 Å². The van der Waals surface area contributed by atoms with Gasteiger partial charge in [0.15, 0.2) is 11.5 Å². The van der Waals surface area contributed by atoms with Crippen LogP contribution in [0.3, 0.4) is 0 Å². The van der Waals surface area contributed by atoms with Gasteiger partial charge in [-0.15, -0.1) is 5.10 Å². The Morgan fingerprint density at radius 3 is 2.54 bits per heavy atom. The van der Waals surface area contributed by atoms with Gasteiger partial charge in [0.1, 0.15) is 5.52 Å². The largest absolute Gasteiger partial charge is 0.493 e. The highest BCUT2D eigenvalue weighted by Crippen LogP contribution is 2.32. The molecule has 5 heteroatoms. The molecule has 68 valence electrons. The minimum absolute atomic E-state index is 0.683. The zero-order valence-corrected chi connectivity index (χ0v) is 8.09. The molecular formula is C8H8N2O2S. The molecule has 0 aliphatic rings. The van der Waals surface area contributed by atoms with Crippen LogP contribution in [0.25, 0.3) is 10.2 Å². The van der Waals surface area contributed by atoms with Crippen LogP contribution in [0.5, 0.6) is 11.5 Å². The van der Waals surface area contributed by atoms with Crippen LogP contribution in [0, 0.1) is 0 Å². The minimum atomic E-state index is 0.683. The fourth-order valence-electron chi connectivity index (χ4n) is 1.11. The summed E-state index contributed by atoms with van der Waals surface area (Å²) in [7, 11) is 3.21. The quantitative estimate of drug-likeness (QED) is 0.733. The Bertz CT molecular complexity index is 389. The van der Waals surface area contributed by atoms with Crippen LogP contribution in [0.1, 0.15) is 0 Å². The molecule has 0 bridgehead atoms. The first-order valence-electron chi connectivity index (χ1n) is 3.69. The first-order valence-corrected chi connectivity index (χ1v) is 4.46. The minimum Gasteiger partial charge on any atom is -0.493 e. The van der Waals surface area contributed by atoms with Crippen molar-refractivity contribution in [1.82, 2.24) is 9.59 Å². The number of benzene rings is 1. The second-order valence-electron chi connectivity index (χ2n) is 2.45. The summed E-state index contributed by atoms with van der Waals surface area (Å²) >= 11 is 1.34. The summed E-state index contributed by atoms with van der Waals surface area (Å²) in [6, 6.07) is 3.69. The molecule has 1 aromatic heterocycles. The van der Waals surface area contributed by atoms with Crippen molar-refractivity contribution in [1.29, 1.82) is 0 Å². The van der Waals surface area contributed by atoms with Crippen molar-refractivity contribution in [3.05, 3.63) is 12.1 Å². The lowest BCUT2D eigenvalue weighted by molar-refractivity contribution is 0.356. The molecule has 4 nitrogen and oxygen atoms in total. The number of hydrogen-bond donors (Lipinski definition) is 0. The molecule has 1 heterocycles. The molecule has 0 saturated heterocycles. The van der Waals surface area contributed by atoms with E-state index in [1.54, 1.807) is 14.2 Å². The molecule has 0 N–H and O–H groups in total. The number of nitrogens with zero attached hydrogens (tertiary/aromatic N) is 2. The molecular weight excluding hydrogens is 188 g/mol. The number of fused-ring (bicyclic) bond motifs is 1. The standard InChI is InChI=1S/C8H8N2O2S/c1-11-6-3-5-8(13-10-9-5)4-7(6)12-2/h3-4H,1-2H3. The van der Waals surface area contributed by atoms with Gasteiger partial charge in [0.25, 0.3) is 0 Å².